The molecule has 0 N–H and O–H groups in total. The van der Waals surface area contributed by atoms with Gasteiger partial charge in [-0.05, 0) is 65.7 Å². The molecule has 28 heavy (non-hydrogen) atoms. The summed E-state index contributed by atoms with van der Waals surface area (Å²) in [5.74, 6) is 0.455. The van der Waals surface area contributed by atoms with Crippen molar-refractivity contribution < 1.29 is 4.79 Å². The SMILES string of the molecule is O=C(/C(=C\c1ccc(Cl)cc1)SCc1ccc(Cl)cc1Cl)c1ccc(Cl)cc1. The first-order valence-electron chi connectivity index (χ1n) is 8.26. The topological polar surface area (TPSA) is 17.1 Å². The van der Waals surface area contributed by atoms with E-state index in [9.17, 15) is 4.79 Å². The fraction of sp³-hybridized carbons (Fsp3) is 0.0455. The Morgan fingerprint density at radius 2 is 1.36 bits per heavy atom. The van der Waals surface area contributed by atoms with E-state index < -0.39 is 0 Å². The monoisotopic (exact) mass is 466 g/mol. The fourth-order valence-electron chi connectivity index (χ4n) is 2.42. The third-order valence-electron chi connectivity index (χ3n) is 3.90. The maximum absolute atomic E-state index is 13.1. The van der Waals surface area contributed by atoms with Crippen LogP contribution in [0.15, 0.2) is 71.6 Å². The molecule has 0 fully saturated rings. The lowest BCUT2D eigenvalue weighted by Gasteiger charge is -2.09. The van der Waals surface area contributed by atoms with Crippen LogP contribution in [0.2, 0.25) is 20.1 Å². The third-order valence-corrected chi connectivity index (χ3v) is 6.06. The van der Waals surface area contributed by atoms with Crippen LogP contribution < -0.4 is 0 Å². The van der Waals surface area contributed by atoms with Gasteiger partial charge in [-0.3, -0.25) is 4.79 Å². The smallest absolute Gasteiger partial charge is 0.199 e. The van der Waals surface area contributed by atoms with Gasteiger partial charge in [0.05, 0.1) is 4.91 Å². The molecule has 0 spiro atoms. The Morgan fingerprint density at radius 3 is 1.96 bits per heavy atom. The number of rotatable bonds is 6. The van der Waals surface area contributed by atoms with Crippen LogP contribution in [0, 0.1) is 0 Å². The molecule has 0 atom stereocenters. The Hall–Kier alpha value is -1.42. The lowest BCUT2D eigenvalue weighted by atomic mass is 10.1. The normalized spacial score (nSPS) is 11.5. The zero-order valence-electron chi connectivity index (χ0n) is 14.5. The van der Waals surface area contributed by atoms with Gasteiger partial charge in [0.1, 0.15) is 0 Å². The molecule has 0 saturated carbocycles. The van der Waals surface area contributed by atoms with E-state index >= 15 is 0 Å². The summed E-state index contributed by atoms with van der Waals surface area (Å²) in [6.45, 7) is 0. The van der Waals surface area contributed by atoms with Crippen LogP contribution in [0.5, 0.6) is 0 Å². The summed E-state index contributed by atoms with van der Waals surface area (Å²) in [7, 11) is 0. The Bertz CT molecular complexity index is 1010. The number of thioether (sulfide) groups is 1. The highest BCUT2D eigenvalue weighted by atomic mass is 35.5. The van der Waals surface area contributed by atoms with Gasteiger partial charge in [0.15, 0.2) is 5.78 Å². The molecule has 0 aliphatic rings. The second kappa shape index (κ2) is 9.87. The largest absolute Gasteiger partial charge is 0.288 e. The summed E-state index contributed by atoms with van der Waals surface area (Å²) in [6.07, 6.45) is 1.85. The first kappa shape index (κ1) is 21.3. The number of benzene rings is 3. The summed E-state index contributed by atoms with van der Waals surface area (Å²) in [6, 6.07) is 19.5. The van der Waals surface area contributed by atoms with Crippen molar-refractivity contribution in [1.82, 2.24) is 0 Å². The predicted molar refractivity (Wildman–Crippen MR) is 123 cm³/mol. The highest BCUT2D eigenvalue weighted by molar-refractivity contribution is 8.03. The van der Waals surface area contributed by atoms with Crippen molar-refractivity contribution in [1.29, 1.82) is 0 Å². The molecular weight excluding hydrogens is 454 g/mol. The number of halogens is 4. The number of ketones is 1. The molecule has 0 heterocycles. The van der Waals surface area contributed by atoms with Gasteiger partial charge >= 0.3 is 0 Å². The van der Waals surface area contributed by atoms with Crippen molar-refractivity contribution in [3.05, 3.63) is 108 Å². The summed E-state index contributed by atoms with van der Waals surface area (Å²) in [5.41, 5.74) is 2.36. The number of hydrogen-bond donors (Lipinski definition) is 0. The molecule has 6 heteroatoms. The third kappa shape index (κ3) is 5.79. The van der Waals surface area contributed by atoms with Crippen LogP contribution in [0.1, 0.15) is 21.5 Å². The Labute approximate surface area is 188 Å². The number of Topliss-reactive ketones (excluding diaryl/α,β-unsaturated/α-hetero) is 1. The van der Waals surface area contributed by atoms with Gasteiger partial charge in [0.25, 0.3) is 0 Å². The molecule has 0 aliphatic heterocycles. The van der Waals surface area contributed by atoms with E-state index in [4.69, 9.17) is 46.4 Å². The van der Waals surface area contributed by atoms with Crippen molar-refractivity contribution in [2.75, 3.05) is 0 Å². The zero-order valence-corrected chi connectivity index (χ0v) is 18.3. The average molecular weight is 468 g/mol. The van der Waals surface area contributed by atoms with Gasteiger partial charge in [-0.2, -0.15) is 0 Å². The van der Waals surface area contributed by atoms with Crippen molar-refractivity contribution >= 4 is 70.0 Å². The summed E-state index contributed by atoms with van der Waals surface area (Å²) in [4.78, 5) is 13.7. The van der Waals surface area contributed by atoms with Crippen molar-refractivity contribution in [3.8, 4) is 0 Å². The molecule has 0 radical (unpaired) electrons. The highest BCUT2D eigenvalue weighted by Gasteiger charge is 2.14. The Morgan fingerprint density at radius 1 is 0.786 bits per heavy atom. The zero-order chi connectivity index (χ0) is 20.1. The van der Waals surface area contributed by atoms with E-state index in [1.54, 1.807) is 48.5 Å². The van der Waals surface area contributed by atoms with Crippen LogP contribution in [0.3, 0.4) is 0 Å². The van der Waals surface area contributed by atoms with Crippen molar-refractivity contribution in [3.63, 3.8) is 0 Å². The minimum atomic E-state index is -0.0818. The molecule has 0 bridgehead atoms. The molecule has 0 amide bonds. The molecule has 1 nitrogen and oxygen atoms in total. The standard InChI is InChI=1S/C22H14Cl4OS/c23-17-6-1-14(2-7-17)11-21(22(27)15-3-8-18(24)9-4-15)28-13-16-5-10-19(25)12-20(16)26/h1-12H,13H2/b21-11+. The van der Waals surface area contributed by atoms with Gasteiger partial charge in [-0.1, -0.05) is 64.6 Å². The van der Waals surface area contributed by atoms with Gasteiger partial charge < -0.3 is 0 Å². The fourth-order valence-corrected chi connectivity index (χ4v) is 4.26. The number of carbonyl (C=O) groups is 1. The predicted octanol–water partition coefficient (Wildman–Crippen LogP) is 8.46. The average Bonchev–Trinajstić information content (AvgIpc) is 2.68. The second-order valence-corrected chi connectivity index (χ2v) is 8.65. The van der Waals surface area contributed by atoms with Crippen molar-refractivity contribution in [2.24, 2.45) is 0 Å². The van der Waals surface area contributed by atoms with Crippen molar-refractivity contribution in [2.45, 2.75) is 5.75 Å². The van der Waals surface area contributed by atoms with Gasteiger partial charge in [-0.15, -0.1) is 11.8 Å². The van der Waals surface area contributed by atoms with Crippen LogP contribution >= 0.6 is 58.2 Å². The van der Waals surface area contributed by atoms with E-state index in [0.29, 0.717) is 36.3 Å². The molecule has 3 rings (SSSR count). The quantitative estimate of drug-likeness (QED) is 0.267. The Kier molecular flexibility index (Phi) is 7.50. The summed E-state index contributed by atoms with van der Waals surface area (Å²) < 4.78 is 0. The minimum absolute atomic E-state index is 0.0818. The van der Waals surface area contributed by atoms with E-state index in [1.807, 2.05) is 24.3 Å². The molecule has 3 aromatic rings. The molecular formula is C22H14Cl4OS. The van der Waals surface area contributed by atoms with Gasteiger partial charge in [-0.25, -0.2) is 0 Å². The van der Waals surface area contributed by atoms with E-state index in [-0.39, 0.29) is 5.78 Å². The molecule has 0 aromatic heterocycles. The van der Waals surface area contributed by atoms with E-state index in [1.165, 1.54) is 11.8 Å². The summed E-state index contributed by atoms with van der Waals surface area (Å²) in [5, 5.41) is 2.38. The molecule has 0 saturated heterocycles. The van der Waals surface area contributed by atoms with Crippen LogP contribution in [0.4, 0.5) is 0 Å². The molecule has 142 valence electrons. The van der Waals surface area contributed by atoms with Gasteiger partial charge in [0, 0.05) is 31.4 Å². The lowest BCUT2D eigenvalue weighted by molar-refractivity contribution is 0.104. The number of allylic oxidation sites excluding steroid dienone is 1. The maximum Gasteiger partial charge on any atom is 0.199 e. The lowest BCUT2D eigenvalue weighted by Crippen LogP contribution is -2.01. The first-order chi connectivity index (χ1) is 13.4. The summed E-state index contributed by atoms with van der Waals surface area (Å²) >= 11 is 25.6. The van der Waals surface area contributed by atoms with Crippen LogP contribution in [-0.2, 0) is 5.75 Å². The maximum atomic E-state index is 13.1. The van der Waals surface area contributed by atoms with Gasteiger partial charge in [0.2, 0.25) is 0 Å². The van der Waals surface area contributed by atoms with E-state index in [0.717, 1.165) is 11.1 Å². The Balaban J connectivity index is 1.90. The highest BCUT2D eigenvalue weighted by Crippen LogP contribution is 2.31. The number of carbonyl (C=O) groups excluding carboxylic acids is 1. The molecule has 0 aliphatic carbocycles. The minimum Gasteiger partial charge on any atom is -0.288 e. The van der Waals surface area contributed by atoms with Crippen LogP contribution in [-0.4, -0.2) is 5.78 Å². The first-order valence-corrected chi connectivity index (χ1v) is 10.8. The number of hydrogen-bond acceptors (Lipinski definition) is 2. The molecule has 0 unspecified atom stereocenters. The molecule has 3 aromatic carbocycles. The van der Waals surface area contributed by atoms with Crippen LogP contribution in [0.25, 0.3) is 6.08 Å². The second-order valence-electron chi connectivity index (χ2n) is 5.92. The van der Waals surface area contributed by atoms with E-state index in [2.05, 4.69) is 0 Å².